The zero-order chi connectivity index (χ0) is 8.97. The van der Waals surface area contributed by atoms with Crippen LogP contribution in [0, 0.1) is 11.8 Å². The van der Waals surface area contributed by atoms with Crippen LogP contribution in [0.25, 0.3) is 0 Å². The van der Waals surface area contributed by atoms with Gasteiger partial charge >= 0.3 is 0 Å². The van der Waals surface area contributed by atoms with Gasteiger partial charge in [0, 0.05) is 6.04 Å². The van der Waals surface area contributed by atoms with E-state index in [4.69, 9.17) is 5.84 Å². The highest BCUT2D eigenvalue weighted by atomic mass is 15.2. The van der Waals surface area contributed by atoms with Crippen LogP contribution in [-0.2, 0) is 0 Å². The van der Waals surface area contributed by atoms with Crippen LogP contribution in [0.1, 0.15) is 46.0 Å². The van der Waals surface area contributed by atoms with Crippen molar-refractivity contribution < 1.29 is 0 Å². The maximum absolute atomic E-state index is 5.51. The lowest BCUT2D eigenvalue weighted by Crippen LogP contribution is -2.37. The summed E-state index contributed by atoms with van der Waals surface area (Å²) in [5, 5.41) is 0. The van der Waals surface area contributed by atoms with E-state index in [1.807, 2.05) is 0 Å². The van der Waals surface area contributed by atoms with Gasteiger partial charge in [0.25, 0.3) is 0 Å². The van der Waals surface area contributed by atoms with Crippen molar-refractivity contribution >= 4 is 0 Å². The molecule has 3 N–H and O–H groups in total. The van der Waals surface area contributed by atoms with E-state index in [1.165, 1.54) is 32.1 Å². The first-order valence-electron chi connectivity index (χ1n) is 5.25. The van der Waals surface area contributed by atoms with Gasteiger partial charge in [-0.05, 0) is 24.7 Å². The zero-order valence-corrected chi connectivity index (χ0v) is 8.34. The average molecular weight is 170 g/mol. The summed E-state index contributed by atoms with van der Waals surface area (Å²) in [4.78, 5) is 0. The molecule has 0 radical (unpaired) electrons. The van der Waals surface area contributed by atoms with Crippen LogP contribution in [0.4, 0.5) is 0 Å². The van der Waals surface area contributed by atoms with E-state index in [0.717, 1.165) is 11.8 Å². The van der Waals surface area contributed by atoms with Gasteiger partial charge in [-0.25, -0.2) is 0 Å². The first-order valence-corrected chi connectivity index (χ1v) is 5.25. The molecule has 0 aromatic carbocycles. The summed E-state index contributed by atoms with van der Waals surface area (Å²) < 4.78 is 0. The number of nitrogens with two attached hydrogens (primary N) is 1. The fourth-order valence-corrected chi connectivity index (χ4v) is 1.95. The molecular formula is C10H22N2. The molecule has 0 saturated heterocycles. The lowest BCUT2D eigenvalue weighted by atomic mass is 10.0. The second-order valence-corrected chi connectivity index (χ2v) is 4.15. The molecule has 2 heteroatoms. The van der Waals surface area contributed by atoms with Crippen molar-refractivity contribution in [3.8, 4) is 0 Å². The highest BCUT2D eigenvalue weighted by molar-refractivity contribution is 4.91. The molecule has 0 spiro atoms. The first-order chi connectivity index (χ1) is 5.79. The third kappa shape index (κ3) is 2.76. The van der Waals surface area contributed by atoms with Gasteiger partial charge in [-0.3, -0.25) is 11.3 Å². The summed E-state index contributed by atoms with van der Waals surface area (Å²) in [6, 6.07) is 0.589. The minimum atomic E-state index is 0.589. The fourth-order valence-electron chi connectivity index (χ4n) is 1.95. The van der Waals surface area contributed by atoms with Gasteiger partial charge in [-0.2, -0.15) is 0 Å². The maximum atomic E-state index is 5.51. The van der Waals surface area contributed by atoms with Crippen LogP contribution in [0.5, 0.6) is 0 Å². The van der Waals surface area contributed by atoms with Crippen molar-refractivity contribution in [3.05, 3.63) is 0 Å². The molecule has 1 aliphatic rings. The number of hydrazine groups is 1. The lowest BCUT2D eigenvalue weighted by Gasteiger charge is -2.14. The van der Waals surface area contributed by atoms with Crippen LogP contribution in [0.15, 0.2) is 0 Å². The van der Waals surface area contributed by atoms with E-state index in [1.54, 1.807) is 0 Å². The second kappa shape index (κ2) is 4.83. The molecule has 1 saturated carbocycles. The predicted molar refractivity (Wildman–Crippen MR) is 52.5 cm³/mol. The Morgan fingerprint density at radius 1 is 1.50 bits per heavy atom. The normalized spacial score (nSPS) is 30.2. The molecule has 0 bridgehead atoms. The van der Waals surface area contributed by atoms with Crippen molar-refractivity contribution in [3.63, 3.8) is 0 Å². The van der Waals surface area contributed by atoms with E-state index in [0.29, 0.717) is 6.04 Å². The van der Waals surface area contributed by atoms with E-state index in [9.17, 15) is 0 Å². The van der Waals surface area contributed by atoms with Crippen LogP contribution in [-0.4, -0.2) is 6.04 Å². The Morgan fingerprint density at radius 3 is 2.58 bits per heavy atom. The molecule has 0 aromatic heterocycles. The van der Waals surface area contributed by atoms with Crippen LogP contribution in [0.2, 0.25) is 0 Å². The van der Waals surface area contributed by atoms with Crippen molar-refractivity contribution in [2.75, 3.05) is 0 Å². The van der Waals surface area contributed by atoms with Crippen molar-refractivity contribution in [2.24, 2.45) is 17.7 Å². The van der Waals surface area contributed by atoms with Crippen molar-refractivity contribution in [1.82, 2.24) is 5.43 Å². The molecular weight excluding hydrogens is 148 g/mol. The first kappa shape index (κ1) is 10.0. The molecule has 2 nitrogen and oxygen atoms in total. The van der Waals surface area contributed by atoms with Gasteiger partial charge in [0.05, 0.1) is 0 Å². The summed E-state index contributed by atoms with van der Waals surface area (Å²) in [5.41, 5.74) is 2.95. The molecule has 1 aliphatic carbocycles. The highest BCUT2D eigenvalue weighted by Gasteiger charge is 2.38. The molecule has 72 valence electrons. The van der Waals surface area contributed by atoms with Gasteiger partial charge in [0.2, 0.25) is 0 Å². The zero-order valence-electron chi connectivity index (χ0n) is 8.34. The predicted octanol–water partition coefficient (Wildman–Crippen LogP) is 2.05. The molecule has 1 rings (SSSR count). The second-order valence-electron chi connectivity index (χ2n) is 4.15. The van der Waals surface area contributed by atoms with Crippen molar-refractivity contribution in [2.45, 2.75) is 52.0 Å². The average Bonchev–Trinajstić information content (AvgIpc) is 2.77. The Morgan fingerprint density at radius 2 is 2.17 bits per heavy atom. The third-order valence-electron chi connectivity index (χ3n) is 3.02. The summed E-state index contributed by atoms with van der Waals surface area (Å²) in [7, 11) is 0. The maximum Gasteiger partial charge on any atom is 0.0241 e. The standard InChI is InChI=1S/C10H22N2/c1-3-4-5-6-10(12-11)9-7-8(9)2/h8-10,12H,3-7,11H2,1-2H3. The largest absolute Gasteiger partial charge is 0.271 e. The number of hydrogen-bond acceptors (Lipinski definition) is 2. The molecule has 0 aromatic rings. The number of nitrogens with one attached hydrogen (secondary N) is 1. The highest BCUT2D eigenvalue weighted by Crippen LogP contribution is 2.41. The van der Waals surface area contributed by atoms with Crippen molar-refractivity contribution in [1.29, 1.82) is 0 Å². The van der Waals surface area contributed by atoms with E-state index in [2.05, 4.69) is 19.3 Å². The molecule has 0 amide bonds. The van der Waals surface area contributed by atoms with Gasteiger partial charge in [0.1, 0.15) is 0 Å². The Labute approximate surface area is 75.9 Å². The van der Waals surface area contributed by atoms with E-state index < -0.39 is 0 Å². The Hall–Kier alpha value is -0.0800. The van der Waals surface area contributed by atoms with Gasteiger partial charge in [0.15, 0.2) is 0 Å². The molecule has 1 fully saturated rings. The molecule has 3 unspecified atom stereocenters. The van der Waals surface area contributed by atoms with Gasteiger partial charge in [-0.1, -0.05) is 33.1 Å². The molecule has 0 aliphatic heterocycles. The summed E-state index contributed by atoms with van der Waals surface area (Å²) in [6.07, 6.45) is 6.62. The van der Waals surface area contributed by atoms with E-state index >= 15 is 0 Å². The van der Waals surface area contributed by atoms with Crippen LogP contribution < -0.4 is 11.3 Å². The quantitative estimate of drug-likeness (QED) is 0.364. The monoisotopic (exact) mass is 170 g/mol. The Kier molecular flexibility index (Phi) is 4.02. The summed E-state index contributed by atoms with van der Waals surface area (Å²) in [6.45, 7) is 4.56. The summed E-state index contributed by atoms with van der Waals surface area (Å²) >= 11 is 0. The Balaban J connectivity index is 2.09. The van der Waals surface area contributed by atoms with Crippen LogP contribution in [0.3, 0.4) is 0 Å². The SMILES string of the molecule is CCCCCC(NN)C1CC1C. The third-order valence-corrected chi connectivity index (χ3v) is 3.02. The lowest BCUT2D eigenvalue weighted by molar-refractivity contribution is 0.413. The summed E-state index contributed by atoms with van der Waals surface area (Å²) in [5.74, 6) is 7.29. The van der Waals surface area contributed by atoms with Gasteiger partial charge < -0.3 is 0 Å². The molecule has 12 heavy (non-hydrogen) atoms. The minimum absolute atomic E-state index is 0.589. The number of hydrogen-bond donors (Lipinski definition) is 2. The topological polar surface area (TPSA) is 38.0 Å². The molecule has 3 atom stereocenters. The smallest absolute Gasteiger partial charge is 0.0241 e. The number of rotatable bonds is 6. The minimum Gasteiger partial charge on any atom is -0.271 e. The fraction of sp³-hybridized carbons (Fsp3) is 1.00. The molecule has 0 heterocycles. The van der Waals surface area contributed by atoms with Gasteiger partial charge in [-0.15, -0.1) is 0 Å². The Bertz CT molecular complexity index is 125. The van der Waals surface area contributed by atoms with Crippen LogP contribution >= 0.6 is 0 Å². The van der Waals surface area contributed by atoms with E-state index in [-0.39, 0.29) is 0 Å². The number of unbranched alkanes of at least 4 members (excludes halogenated alkanes) is 2.